The summed E-state index contributed by atoms with van der Waals surface area (Å²) in [6.07, 6.45) is 1.80. The monoisotopic (exact) mass is 437 g/mol. The first-order valence-electron chi connectivity index (χ1n) is 9.68. The number of aliphatic hydroxyl groups is 1. The second-order valence-corrected chi connectivity index (χ2v) is 7.33. The Morgan fingerprint density at radius 1 is 1.17 bits per heavy atom. The maximum Gasteiger partial charge on any atom is 0.332 e. The Hall–Kier alpha value is -2.62. The molecule has 2 atom stereocenters. The van der Waals surface area contributed by atoms with Crippen LogP contribution in [0.4, 0.5) is 0 Å². The lowest BCUT2D eigenvalue weighted by molar-refractivity contribution is -0.692. The average molecular weight is 438 g/mol. The fraction of sp³-hybridized carbons (Fsp3) is 0.450. The van der Waals surface area contributed by atoms with Gasteiger partial charge in [0.05, 0.1) is 12.4 Å². The number of nitrogens with zero attached hydrogens (tertiary/aromatic N) is 4. The number of halogens is 1. The van der Waals surface area contributed by atoms with Crippen molar-refractivity contribution in [3.8, 4) is 5.75 Å². The van der Waals surface area contributed by atoms with E-state index in [1.165, 1.54) is 11.6 Å². The van der Waals surface area contributed by atoms with Gasteiger partial charge in [-0.15, -0.1) is 0 Å². The molecule has 2 unspecified atom stereocenters. The second kappa shape index (κ2) is 10.4. The van der Waals surface area contributed by atoms with Crippen LogP contribution in [0, 0.1) is 0 Å². The fourth-order valence-corrected chi connectivity index (χ4v) is 3.19. The lowest BCUT2D eigenvalue weighted by Gasteiger charge is -2.15. The molecule has 10 heteroatoms. The molecule has 1 aromatic carbocycles. The van der Waals surface area contributed by atoms with Crippen molar-refractivity contribution in [3.63, 3.8) is 0 Å². The minimum atomic E-state index is -0.575. The first-order valence-corrected chi connectivity index (χ1v) is 9.68. The third-order valence-electron chi connectivity index (χ3n) is 5.04. The molecular formula is C20H28ClN5O4. The van der Waals surface area contributed by atoms with E-state index >= 15 is 0 Å². The molecule has 0 saturated heterocycles. The van der Waals surface area contributed by atoms with Crippen LogP contribution in [-0.2, 0) is 20.6 Å². The highest BCUT2D eigenvalue weighted by Gasteiger charge is 2.16. The predicted octanol–water partition coefficient (Wildman–Crippen LogP) is -3.78. The smallest absolute Gasteiger partial charge is 0.332 e. The zero-order valence-electron chi connectivity index (χ0n) is 17.4. The minimum absolute atomic E-state index is 0. The SMILES string of the molecule is CC(CCn1cnc2c1c(=O)n(C)c(=O)n2C)[NH2+]CC(O)COc1ccccc1.[Cl-]. The molecule has 164 valence electrons. The van der Waals surface area contributed by atoms with Crippen LogP contribution in [0.3, 0.4) is 0 Å². The molecule has 0 radical (unpaired) electrons. The van der Waals surface area contributed by atoms with Gasteiger partial charge in [-0.25, -0.2) is 9.78 Å². The number of ether oxygens (including phenoxy) is 1. The van der Waals surface area contributed by atoms with E-state index in [1.807, 2.05) is 30.3 Å². The largest absolute Gasteiger partial charge is 1.00 e. The van der Waals surface area contributed by atoms with Crippen molar-refractivity contribution in [2.45, 2.75) is 32.0 Å². The highest BCUT2D eigenvalue weighted by atomic mass is 35.5. The summed E-state index contributed by atoms with van der Waals surface area (Å²) >= 11 is 0. The van der Waals surface area contributed by atoms with Crippen molar-refractivity contribution in [3.05, 3.63) is 57.5 Å². The van der Waals surface area contributed by atoms with E-state index in [9.17, 15) is 14.7 Å². The molecule has 0 bridgehead atoms. The molecule has 9 nitrogen and oxygen atoms in total. The maximum absolute atomic E-state index is 12.5. The summed E-state index contributed by atoms with van der Waals surface area (Å²) in [7, 11) is 3.08. The van der Waals surface area contributed by atoms with Gasteiger partial charge in [-0.2, -0.15) is 0 Å². The number of quaternary nitrogens is 1. The summed E-state index contributed by atoms with van der Waals surface area (Å²) in [4.78, 5) is 28.7. The number of aromatic nitrogens is 4. The molecule has 0 amide bonds. The van der Waals surface area contributed by atoms with E-state index in [4.69, 9.17) is 4.74 Å². The molecule has 30 heavy (non-hydrogen) atoms. The molecule has 0 fully saturated rings. The molecule has 3 aromatic rings. The number of rotatable bonds is 9. The van der Waals surface area contributed by atoms with Gasteiger partial charge in [-0.1, -0.05) is 18.2 Å². The van der Waals surface area contributed by atoms with Gasteiger partial charge in [-0.3, -0.25) is 13.9 Å². The summed E-state index contributed by atoms with van der Waals surface area (Å²) in [6, 6.07) is 9.64. The Bertz CT molecular complexity index is 1080. The van der Waals surface area contributed by atoms with E-state index in [-0.39, 0.29) is 36.3 Å². The zero-order chi connectivity index (χ0) is 21.0. The number of imidazole rings is 1. The van der Waals surface area contributed by atoms with Crippen LogP contribution < -0.4 is 33.7 Å². The van der Waals surface area contributed by atoms with E-state index in [1.54, 1.807) is 17.9 Å². The number of hydrogen-bond acceptors (Lipinski definition) is 5. The summed E-state index contributed by atoms with van der Waals surface area (Å²) < 4.78 is 9.83. The van der Waals surface area contributed by atoms with Gasteiger partial charge >= 0.3 is 5.69 Å². The van der Waals surface area contributed by atoms with Crippen molar-refractivity contribution < 1.29 is 27.6 Å². The predicted molar refractivity (Wildman–Crippen MR) is 109 cm³/mol. The topological polar surface area (TPSA) is 108 Å². The molecule has 0 aliphatic heterocycles. The summed E-state index contributed by atoms with van der Waals surface area (Å²) in [6.45, 7) is 3.42. The number of nitrogens with two attached hydrogens (primary N) is 1. The van der Waals surface area contributed by atoms with Gasteiger partial charge < -0.3 is 32.1 Å². The van der Waals surface area contributed by atoms with E-state index < -0.39 is 6.10 Å². The first-order chi connectivity index (χ1) is 13.9. The third kappa shape index (κ3) is 5.29. The molecule has 2 heterocycles. The van der Waals surface area contributed by atoms with Crippen molar-refractivity contribution >= 4 is 11.2 Å². The molecule has 0 aliphatic carbocycles. The van der Waals surface area contributed by atoms with Crippen molar-refractivity contribution in [2.24, 2.45) is 14.1 Å². The molecule has 0 saturated carbocycles. The van der Waals surface area contributed by atoms with Gasteiger partial charge in [-0.05, 0) is 19.1 Å². The lowest BCUT2D eigenvalue weighted by Crippen LogP contribution is -3.00. The van der Waals surface area contributed by atoms with Gasteiger partial charge in [0.15, 0.2) is 11.2 Å². The number of hydrogen-bond donors (Lipinski definition) is 2. The quantitative estimate of drug-likeness (QED) is 0.357. The summed E-state index contributed by atoms with van der Waals surface area (Å²) in [5.74, 6) is 0.738. The highest BCUT2D eigenvalue weighted by Crippen LogP contribution is 2.08. The Morgan fingerprint density at radius 2 is 1.87 bits per heavy atom. The molecule has 3 rings (SSSR count). The average Bonchev–Trinajstić information content (AvgIpc) is 3.16. The van der Waals surface area contributed by atoms with E-state index in [0.717, 1.165) is 16.7 Å². The molecule has 2 aromatic heterocycles. The number of para-hydroxylation sites is 1. The van der Waals surface area contributed by atoms with Crippen LogP contribution in [0.25, 0.3) is 11.2 Å². The van der Waals surface area contributed by atoms with Gasteiger partial charge in [0.1, 0.15) is 25.0 Å². The summed E-state index contributed by atoms with van der Waals surface area (Å²) in [5.41, 5.74) is 0.0909. The van der Waals surface area contributed by atoms with Crippen LogP contribution in [0.5, 0.6) is 5.75 Å². The van der Waals surface area contributed by atoms with Crippen molar-refractivity contribution in [2.75, 3.05) is 13.2 Å². The molecule has 0 spiro atoms. The third-order valence-corrected chi connectivity index (χ3v) is 5.04. The van der Waals surface area contributed by atoms with E-state index in [2.05, 4.69) is 17.2 Å². The van der Waals surface area contributed by atoms with E-state index in [0.29, 0.717) is 24.3 Å². The Balaban J connectivity index is 0.00000320. The number of benzene rings is 1. The normalized spacial score (nSPS) is 13.1. The lowest BCUT2D eigenvalue weighted by atomic mass is 10.2. The van der Waals surface area contributed by atoms with Crippen molar-refractivity contribution in [1.82, 2.24) is 18.7 Å². The standard InChI is InChI=1S/C20H27N5O4.ClH/c1-14(21-11-15(26)12-29-16-7-5-4-6-8-16)9-10-25-13-22-18-17(25)19(27)24(3)20(28)23(18)2;/h4-8,13-15,21,26H,9-12H2,1-3H3;1H. The number of fused-ring (bicyclic) bond motifs is 1. The van der Waals surface area contributed by atoms with Gasteiger partial charge in [0.25, 0.3) is 5.56 Å². The molecular weight excluding hydrogens is 410 g/mol. The first kappa shape index (κ1) is 23.7. The number of aliphatic hydroxyl groups excluding tert-OH is 1. The summed E-state index contributed by atoms with van der Waals surface area (Å²) in [5, 5.41) is 12.2. The molecule has 3 N–H and O–H groups in total. The van der Waals surface area contributed by atoms with Crippen LogP contribution >= 0.6 is 0 Å². The highest BCUT2D eigenvalue weighted by molar-refractivity contribution is 5.69. The fourth-order valence-electron chi connectivity index (χ4n) is 3.19. The van der Waals surface area contributed by atoms with Crippen LogP contribution in [-0.4, -0.2) is 49.1 Å². The van der Waals surface area contributed by atoms with Crippen LogP contribution in [0.15, 0.2) is 46.2 Å². The zero-order valence-corrected chi connectivity index (χ0v) is 18.1. The van der Waals surface area contributed by atoms with Gasteiger partial charge in [0, 0.05) is 27.1 Å². The number of aryl methyl sites for hydroxylation is 2. The molecule has 0 aliphatic rings. The maximum atomic E-state index is 12.5. The second-order valence-electron chi connectivity index (χ2n) is 7.33. The Labute approximate surface area is 180 Å². The Morgan fingerprint density at radius 3 is 2.57 bits per heavy atom. The van der Waals surface area contributed by atoms with Gasteiger partial charge in [0.2, 0.25) is 0 Å². The van der Waals surface area contributed by atoms with Crippen LogP contribution in [0.1, 0.15) is 13.3 Å². The Kier molecular flexibility index (Phi) is 8.22. The van der Waals surface area contributed by atoms with Crippen molar-refractivity contribution in [1.29, 1.82) is 0 Å². The van der Waals surface area contributed by atoms with Crippen LogP contribution in [0.2, 0.25) is 0 Å². The minimum Gasteiger partial charge on any atom is -1.00 e.